The monoisotopic (exact) mass is 148 g/mol. The number of fused-ring (bicyclic) bond motifs is 2. The fraction of sp³-hybridized carbons (Fsp3) is 0.750. The Labute approximate surface area is 65.2 Å². The Morgan fingerprint density at radius 1 is 1.00 bits per heavy atom. The first kappa shape index (κ1) is 6.64. The molecule has 0 amide bonds. The van der Waals surface area contributed by atoms with Gasteiger partial charge in [0.2, 0.25) is 0 Å². The Hall–Kier alpha value is -1.06. The van der Waals surface area contributed by atoms with Crippen LogP contribution in [0.4, 0.5) is 0 Å². The molecule has 0 aromatic carbocycles. The molecule has 2 saturated heterocycles. The summed E-state index contributed by atoms with van der Waals surface area (Å²) < 4.78 is 5.43. The topological polar surface area (TPSA) is 56.8 Å². The summed E-state index contributed by atoms with van der Waals surface area (Å²) in [6.07, 6.45) is 2.02. The molecule has 0 aromatic heterocycles. The average Bonchev–Trinajstić information content (AvgIpc) is 2.60. The predicted molar refractivity (Wildman–Crippen MR) is 36.1 cm³/mol. The van der Waals surface area contributed by atoms with E-state index in [-0.39, 0.29) is 24.0 Å². The molecule has 56 valence electrons. The summed E-state index contributed by atoms with van der Waals surface area (Å²) in [5, 5.41) is 17.4. The van der Waals surface area contributed by atoms with E-state index in [2.05, 4.69) is 12.1 Å². The second-order valence-corrected chi connectivity index (χ2v) is 3.10. The van der Waals surface area contributed by atoms with E-state index in [1.54, 1.807) is 0 Å². The number of hydrogen-bond acceptors (Lipinski definition) is 3. The van der Waals surface area contributed by atoms with Crippen molar-refractivity contribution < 1.29 is 4.74 Å². The van der Waals surface area contributed by atoms with Gasteiger partial charge in [-0.25, -0.2) is 0 Å². The Morgan fingerprint density at radius 3 is 1.82 bits per heavy atom. The number of rotatable bonds is 0. The van der Waals surface area contributed by atoms with Crippen LogP contribution in [0.2, 0.25) is 0 Å². The highest BCUT2D eigenvalue weighted by Crippen LogP contribution is 2.42. The number of nitrogens with zero attached hydrogens (tertiary/aromatic N) is 2. The molecule has 0 aromatic rings. The summed E-state index contributed by atoms with van der Waals surface area (Å²) in [5.74, 6) is -0.336. The smallest absolute Gasteiger partial charge is 0.0908 e. The zero-order chi connectivity index (χ0) is 7.84. The van der Waals surface area contributed by atoms with Gasteiger partial charge in [0.05, 0.1) is 36.2 Å². The Morgan fingerprint density at radius 2 is 1.45 bits per heavy atom. The van der Waals surface area contributed by atoms with Crippen molar-refractivity contribution in [2.75, 3.05) is 0 Å². The van der Waals surface area contributed by atoms with Crippen LogP contribution in [0.25, 0.3) is 0 Å². The van der Waals surface area contributed by atoms with Crippen molar-refractivity contribution in [3.63, 3.8) is 0 Å². The Bertz CT molecular complexity index is 224. The summed E-state index contributed by atoms with van der Waals surface area (Å²) >= 11 is 0. The molecule has 4 unspecified atom stereocenters. The van der Waals surface area contributed by atoms with Gasteiger partial charge in [0.15, 0.2) is 0 Å². The minimum atomic E-state index is -0.168. The molecular formula is C8H8N2O. The van der Waals surface area contributed by atoms with Gasteiger partial charge in [0.25, 0.3) is 0 Å². The van der Waals surface area contributed by atoms with Gasteiger partial charge in [-0.3, -0.25) is 0 Å². The zero-order valence-corrected chi connectivity index (χ0v) is 6.03. The lowest BCUT2D eigenvalue weighted by Gasteiger charge is -2.15. The van der Waals surface area contributed by atoms with Crippen molar-refractivity contribution >= 4 is 0 Å². The quantitative estimate of drug-likeness (QED) is 0.511. The molecule has 0 aliphatic carbocycles. The van der Waals surface area contributed by atoms with E-state index in [1.165, 1.54) is 0 Å². The first-order valence-electron chi connectivity index (χ1n) is 3.81. The van der Waals surface area contributed by atoms with E-state index in [0.29, 0.717) is 0 Å². The maximum absolute atomic E-state index is 8.71. The Kier molecular flexibility index (Phi) is 1.34. The second kappa shape index (κ2) is 2.22. The summed E-state index contributed by atoms with van der Waals surface area (Å²) in [6.45, 7) is 0. The van der Waals surface area contributed by atoms with E-state index >= 15 is 0 Å². The summed E-state index contributed by atoms with van der Waals surface area (Å²) in [7, 11) is 0. The maximum Gasteiger partial charge on any atom is 0.0908 e. The van der Waals surface area contributed by atoms with Crippen molar-refractivity contribution in [1.82, 2.24) is 0 Å². The van der Waals surface area contributed by atoms with E-state index < -0.39 is 0 Å². The predicted octanol–water partition coefficient (Wildman–Crippen LogP) is 0.827. The van der Waals surface area contributed by atoms with Gasteiger partial charge in [-0.2, -0.15) is 10.5 Å². The van der Waals surface area contributed by atoms with Crippen LogP contribution in [0.15, 0.2) is 0 Å². The van der Waals surface area contributed by atoms with Crippen molar-refractivity contribution in [3.8, 4) is 12.1 Å². The van der Waals surface area contributed by atoms with Crippen LogP contribution in [-0.2, 0) is 4.74 Å². The van der Waals surface area contributed by atoms with Crippen molar-refractivity contribution in [1.29, 1.82) is 10.5 Å². The molecule has 0 spiro atoms. The number of ether oxygens (including phenoxy) is 1. The maximum atomic E-state index is 8.71. The molecule has 2 aliphatic heterocycles. The molecule has 3 heteroatoms. The van der Waals surface area contributed by atoms with E-state index in [0.717, 1.165) is 12.8 Å². The molecule has 0 radical (unpaired) electrons. The normalized spacial score (nSPS) is 46.7. The highest BCUT2D eigenvalue weighted by atomic mass is 16.5. The fourth-order valence-electron chi connectivity index (χ4n) is 2.01. The van der Waals surface area contributed by atoms with Crippen LogP contribution in [0.3, 0.4) is 0 Å². The average molecular weight is 148 g/mol. The van der Waals surface area contributed by atoms with Crippen molar-refractivity contribution in [2.45, 2.75) is 25.0 Å². The summed E-state index contributed by atoms with van der Waals surface area (Å²) in [6, 6.07) is 4.30. The van der Waals surface area contributed by atoms with Crippen LogP contribution < -0.4 is 0 Å². The summed E-state index contributed by atoms with van der Waals surface area (Å²) in [5.41, 5.74) is 0. The SMILES string of the molecule is N#CC1C2CCC(O2)C1C#N. The largest absolute Gasteiger partial charge is 0.372 e. The first-order valence-corrected chi connectivity index (χ1v) is 3.81. The molecule has 2 rings (SSSR count). The van der Waals surface area contributed by atoms with Crippen LogP contribution in [0, 0.1) is 34.5 Å². The lowest BCUT2D eigenvalue weighted by Crippen LogP contribution is -2.24. The van der Waals surface area contributed by atoms with Gasteiger partial charge in [0, 0.05) is 0 Å². The van der Waals surface area contributed by atoms with Gasteiger partial charge < -0.3 is 4.74 Å². The molecule has 2 fully saturated rings. The van der Waals surface area contributed by atoms with Crippen molar-refractivity contribution in [2.24, 2.45) is 11.8 Å². The molecule has 0 saturated carbocycles. The molecule has 3 nitrogen and oxygen atoms in total. The van der Waals surface area contributed by atoms with Gasteiger partial charge in [-0.1, -0.05) is 0 Å². The molecule has 2 aliphatic rings. The molecule has 11 heavy (non-hydrogen) atoms. The van der Waals surface area contributed by atoms with Gasteiger partial charge in [0.1, 0.15) is 0 Å². The lowest BCUT2D eigenvalue weighted by molar-refractivity contribution is 0.0944. The highest BCUT2D eigenvalue weighted by Gasteiger charge is 2.49. The second-order valence-electron chi connectivity index (χ2n) is 3.10. The van der Waals surface area contributed by atoms with E-state index in [4.69, 9.17) is 15.3 Å². The zero-order valence-electron chi connectivity index (χ0n) is 6.03. The van der Waals surface area contributed by atoms with Gasteiger partial charge in [-0.05, 0) is 12.8 Å². The van der Waals surface area contributed by atoms with Crippen LogP contribution in [0.5, 0.6) is 0 Å². The molecule has 4 atom stereocenters. The third-order valence-corrected chi connectivity index (χ3v) is 2.57. The number of nitriles is 2. The molecule has 0 N–H and O–H groups in total. The van der Waals surface area contributed by atoms with Crippen LogP contribution in [0.1, 0.15) is 12.8 Å². The molecule has 2 heterocycles. The minimum Gasteiger partial charge on any atom is -0.372 e. The van der Waals surface area contributed by atoms with Crippen molar-refractivity contribution in [3.05, 3.63) is 0 Å². The highest BCUT2D eigenvalue weighted by molar-refractivity contribution is 5.12. The van der Waals surface area contributed by atoms with E-state index in [1.807, 2.05) is 0 Å². The molecule has 2 bridgehead atoms. The lowest BCUT2D eigenvalue weighted by atomic mass is 9.81. The number of hydrogen-bond donors (Lipinski definition) is 0. The Balaban J connectivity index is 2.24. The van der Waals surface area contributed by atoms with E-state index in [9.17, 15) is 0 Å². The van der Waals surface area contributed by atoms with Crippen LogP contribution >= 0.6 is 0 Å². The first-order chi connectivity index (χ1) is 5.36. The fourth-order valence-corrected chi connectivity index (χ4v) is 2.01. The third-order valence-electron chi connectivity index (χ3n) is 2.57. The molecular weight excluding hydrogens is 140 g/mol. The van der Waals surface area contributed by atoms with Gasteiger partial charge >= 0.3 is 0 Å². The summed E-state index contributed by atoms with van der Waals surface area (Å²) in [4.78, 5) is 0. The standard InChI is InChI=1S/C8H8N2O/c9-3-5-6(4-10)8-2-1-7(5)11-8/h5-8H,1-2H2. The van der Waals surface area contributed by atoms with Crippen LogP contribution in [-0.4, -0.2) is 12.2 Å². The minimum absolute atomic E-state index is 0.0506. The van der Waals surface area contributed by atoms with Gasteiger partial charge in [-0.15, -0.1) is 0 Å². The third kappa shape index (κ3) is 0.751.